The van der Waals surface area contributed by atoms with Gasteiger partial charge in [-0.2, -0.15) is 4.31 Å². The molecule has 9 heteroatoms. The van der Waals surface area contributed by atoms with Crippen LogP contribution in [-0.2, 0) is 23.1 Å². The van der Waals surface area contributed by atoms with E-state index in [1.54, 1.807) is 16.7 Å². The van der Waals surface area contributed by atoms with Crippen molar-refractivity contribution in [1.82, 2.24) is 8.87 Å². The molecular weight excluding hydrogens is 428 g/mol. The lowest BCUT2D eigenvalue weighted by Gasteiger charge is -2.29. The molecule has 0 atom stereocenters. The number of aromatic nitrogens is 1. The minimum absolute atomic E-state index is 0.0647. The zero-order valence-electron chi connectivity index (χ0n) is 16.1. The summed E-state index contributed by atoms with van der Waals surface area (Å²) in [5, 5.41) is 9.88. The molecule has 2 heterocycles. The Hall–Kier alpha value is -2.81. The number of nitrogens with zero attached hydrogens (tertiary/aromatic N) is 2. The maximum atomic E-state index is 13.1. The first kappa shape index (κ1) is 20.5. The fourth-order valence-electron chi connectivity index (χ4n) is 3.70. The third kappa shape index (κ3) is 3.36. The Bertz CT molecular complexity index is 1200. The van der Waals surface area contributed by atoms with Crippen molar-refractivity contribution in [3.05, 3.63) is 70.9 Å². The van der Waals surface area contributed by atoms with Crippen LogP contribution in [0.15, 0.2) is 59.5 Å². The maximum absolute atomic E-state index is 13.1. The smallest absolute Gasteiger partial charge is 0.339 e. The number of methoxy groups -OCH3 is 1. The average molecular weight is 447 g/mol. The number of carboxylic acids is 1. The van der Waals surface area contributed by atoms with Gasteiger partial charge in [0.05, 0.1) is 29.3 Å². The van der Waals surface area contributed by atoms with Crippen molar-refractivity contribution in [1.29, 1.82) is 0 Å². The summed E-state index contributed by atoms with van der Waals surface area (Å²) in [5.41, 5.74) is 1.67. The zero-order valence-corrected chi connectivity index (χ0v) is 17.7. The summed E-state index contributed by atoms with van der Waals surface area (Å²) in [4.78, 5) is 12.1. The van der Waals surface area contributed by atoms with E-state index in [9.17, 15) is 18.3 Å². The number of carbonyl (C=O) groups is 1. The van der Waals surface area contributed by atoms with Crippen LogP contribution >= 0.6 is 11.6 Å². The van der Waals surface area contributed by atoms with Crippen molar-refractivity contribution in [3.63, 3.8) is 0 Å². The van der Waals surface area contributed by atoms with Crippen LogP contribution in [0.25, 0.3) is 11.3 Å². The Morgan fingerprint density at radius 2 is 1.73 bits per heavy atom. The van der Waals surface area contributed by atoms with Crippen LogP contribution in [-0.4, -0.2) is 42.0 Å². The van der Waals surface area contributed by atoms with E-state index in [1.807, 2.05) is 30.3 Å². The lowest BCUT2D eigenvalue weighted by atomic mass is 10.1. The molecule has 0 spiro atoms. The SMILES string of the molecule is COc1ccc(S(=O)(=O)N2CCn3c(c(C(=O)O)c(Cl)c3-c3ccccc3)C2)cc1. The van der Waals surface area contributed by atoms with Crippen LogP contribution in [0.1, 0.15) is 16.1 Å². The van der Waals surface area contributed by atoms with Crippen LogP contribution in [0.2, 0.25) is 5.02 Å². The van der Waals surface area contributed by atoms with Crippen molar-refractivity contribution in [3.8, 4) is 17.0 Å². The van der Waals surface area contributed by atoms with Gasteiger partial charge in [0.1, 0.15) is 11.3 Å². The topological polar surface area (TPSA) is 88.8 Å². The standard InChI is InChI=1S/C21H19ClN2O5S/c1-29-15-7-9-16(10-8-15)30(27,28)23-11-12-24-17(13-23)18(21(25)26)19(22)20(24)14-5-3-2-4-6-14/h2-10H,11-13H2,1H3,(H,25,26). The van der Waals surface area contributed by atoms with Gasteiger partial charge in [0, 0.05) is 18.8 Å². The number of aromatic carboxylic acids is 1. The van der Waals surface area contributed by atoms with E-state index in [-0.39, 0.29) is 28.6 Å². The van der Waals surface area contributed by atoms with E-state index in [1.165, 1.54) is 23.5 Å². The molecule has 30 heavy (non-hydrogen) atoms. The maximum Gasteiger partial charge on any atom is 0.339 e. The van der Waals surface area contributed by atoms with Gasteiger partial charge in [-0.05, 0) is 29.8 Å². The number of hydrogen-bond donors (Lipinski definition) is 1. The Morgan fingerprint density at radius 3 is 2.33 bits per heavy atom. The molecule has 1 aromatic heterocycles. The largest absolute Gasteiger partial charge is 0.497 e. The minimum Gasteiger partial charge on any atom is -0.497 e. The molecular formula is C21H19ClN2O5S. The predicted octanol–water partition coefficient (Wildman–Crippen LogP) is 3.72. The van der Waals surface area contributed by atoms with Crippen molar-refractivity contribution in [2.24, 2.45) is 0 Å². The third-order valence-corrected chi connectivity index (χ3v) is 7.40. The third-order valence-electron chi connectivity index (χ3n) is 5.17. The molecule has 1 aliphatic rings. The molecule has 0 radical (unpaired) electrons. The monoisotopic (exact) mass is 446 g/mol. The van der Waals surface area contributed by atoms with Crippen molar-refractivity contribution < 1.29 is 23.1 Å². The summed E-state index contributed by atoms with van der Waals surface area (Å²) in [5.74, 6) is -0.636. The molecule has 0 aliphatic carbocycles. The number of carboxylic acid groups (broad SMARTS) is 1. The second kappa shape index (κ2) is 7.79. The van der Waals surface area contributed by atoms with Crippen LogP contribution in [0.5, 0.6) is 5.75 Å². The molecule has 3 aromatic rings. The van der Waals surface area contributed by atoms with Crippen molar-refractivity contribution in [2.75, 3.05) is 13.7 Å². The Balaban J connectivity index is 1.77. The average Bonchev–Trinajstić information content (AvgIpc) is 3.05. The number of rotatable bonds is 5. The van der Waals surface area contributed by atoms with E-state index < -0.39 is 16.0 Å². The summed E-state index contributed by atoms with van der Waals surface area (Å²) in [7, 11) is -2.31. The fourth-order valence-corrected chi connectivity index (χ4v) is 5.49. The molecule has 4 rings (SSSR count). The Kier molecular flexibility index (Phi) is 5.31. The van der Waals surface area contributed by atoms with E-state index in [0.717, 1.165) is 5.56 Å². The fraction of sp³-hybridized carbons (Fsp3) is 0.190. The lowest BCUT2D eigenvalue weighted by Crippen LogP contribution is -2.38. The zero-order chi connectivity index (χ0) is 21.5. The second-order valence-electron chi connectivity index (χ2n) is 6.82. The minimum atomic E-state index is -3.81. The number of benzene rings is 2. The number of ether oxygens (including phenoxy) is 1. The number of halogens is 1. The number of hydrogen-bond acceptors (Lipinski definition) is 4. The van der Waals surface area contributed by atoms with Gasteiger partial charge in [0.2, 0.25) is 10.0 Å². The first-order valence-electron chi connectivity index (χ1n) is 9.18. The Morgan fingerprint density at radius 1 is 1.07 bits per heavy atom. The molecule has 0 bridgehead atoms. The van der Waals surface area contributed by atoms with Gasteiger partial charge in [-0.25, -0.2) is 13.2 Å². The van der Waals surface area contributed by atoms with Crippen LogP contribution in [0, 0.1) is 0 Å². The second-order valence-corrected chi connectivity index (χ2v) is 9.14. The van der Waals surface area contributed by atoms with Gasteiger partial charge in [-0.1, -0.05) is 41.9 Å². The van der Waals surface area contributed by atoms with Gasteiger partial charge < -0.3 is 14.4 Å². The normalized spacial score (nSPS) is 14.3. The molecule has 0 unspecified atom stereocenters. The first-order chi connectivity index (χ1) is 14.3. The van der Waals surface area contributed by atoms with Gasteiger partial charge in [-0.15, -0.1) is 0 Å². The predicted molar refractivity (Wildman–Crippen MR) is 112 cm³/mol. The van der Waals surface area contributed by atoms with Gasteiger partial charge in [0.25, 0.3) is 0 Å². The molecule has 1 aliphatic heterocycles. The highest BCUT2D eigenvalue weighted by Gasteiger charge is 2.35. The van der Waals surface area contributed by atoms with Crippen molar-refractivity contribution >= 4 is 27.6 Å². The molecule has 2 aromatic carbocycles. The Labute approximate surface area is 179 Å². The van der Waals surface area contributed by atoms with Crippen LogP contribution in [0.3, 0.4) is 0 Å². The quantitative estimate of drug-likeness (QED) is 0.645. The van der Waals surface area contributed by atoms with E-state index in [0.29, 0.717) is 23.7 Å². The van der Waals surface area contributed by atoms with Gasteiger partial charge in [0.15, 0.2) is 0 Å². The number of sulfonamides is 1. The highest BCUT2D eigenvalue weighted by Crippen LogP contribution is 2.38. The van der Waals surface area contributed by atoms with Gasteiger partial charge >= 0.3 is 5.97 Å². The van der Waals surface area contributed by atoms with Crippen LogP contribution in [0.4, 0.5) is 0 Å². The van der Waals surface area contributed by atoms with Crippen molar-refractivity contribution in [2.45, 2.75) is 18.0 Å². The lowest BCUT2D eigenvalue weighted by molar-refractivity contribution is 0.0694. The molecule has 0 amide bonds. The molecule has 0 saturated heterocycles. The number of fused-ring (bicyclic) bond motifs is 1. The molecule has 7 nitrogen and oxygen atoms in total. The molecule has 0 saturated carbocycles. The molecule has 1 N–H and O–H groups in total. The summed E-state index contributed by atoms with van der Waals surface area (Å²) in [6, 6.07) is 15.3. The molecule has 156 valence electrons. The van der Waals surface area contributed by atoms with Gasteiger partial charge in [-0.3, -0.25) is 0 Å². The summed E-state index contributed by atoms with van der Waals surface area (Å²) in [6.45, 7) is 0.412. The summed E-state index contributed by atoms with van der Waals surface area (Å²) in [6.07, 6.45) is 0. The van der Waals surface area contributed by atoms with Crippen LogP contribution < -0.4 is 4.74 Å². The molecule has 0 fully saturated rings. The first-order valence-corrected chi connectivity index (χ1v) is 11.0. The summed E-state index contributed by atoms with van der Waals surface area (Å²) >= 11 is 6.48. The van der Waals surface area contributed by atoms with E-state index in [4.69, 9.17) is 16.3 Å². The highest BCUT2D eigenvalue weighted by atomic mass is 35.5. The van der Waals surface area contributed by atoms with E-state index in [2.05, 4.69) is 0 Å². The summed E-state index contributed by atoms with van der Waals surface area (Å²) < 4.78 is 34.4. The van der Waals surface area contributed by atoms with E-state index >= 15 is 0 Å². The highest BCUT2D eigenvalue weighted by molar-refractivity contribution is 7.89.